The summed E-state index contributed by atoms with van der Waals surface area (Å²) < 4.78 is 1.01. The van der Waals surface area contributed by atoms with Gasteiger partial charge in [-0.2, -0.15) is 0 Å². The molecule has 1 aromatic carbocycles. The maximum absolute atomic E-state index is 9.93. The van der Waals surface area contributed by atoms with Crippen molar-refractivity contribution in [2.45, 2.75) is 19.4 Å². The van der Waals surface area contributed by atoms with Gasteiger partial charge in [0, 0.05) is 35.9 Å². The summed E-state index contributed by atoms with van der Waals surface area (Å²) in [5, 5.41) is 9.93. The van der Waals surface area contributed by atoms with Gasteiger partial charge in [-0.3, -0.25) is 0 Å². The molecule has 106 valence electrons. The number of rotatable bonds is 4. The lowest BCUT2D eigenvalue weighted by molar-refractivity contribution is 0.199. The second-order valence-corrected chi connectivity index (χ2v) is 6.59. The first-order valence-electron chi connectivity index (χ1n) is 6.84. The molecule has 1 aliphatic rings. The number of likely N-dealkylation sites (tertiary alicyclic amines) is 1. The molecule has 0 amide bonds. The molecule has 1 N–H and O–H groups in total. The van der Waals surface area contributed by atoms with Gasteiger partial charge in [-0.05, 0) is 51.1 Å². The van der Waals surface area contributed by atoms with Crippen LogP contribution in [0.5, 0.6) is 0 Å². The fourth-order valence-electron chi connectivity index (χ4n) is 2.87. The minimum absolute atomic E-state index is 0.443. The van der Waals surface area contributed by atoms with E-state index in [2.05, 4.69) is 45.9 Å². The second-order valence-electron chi connectivity index (χ2n) is 5.68. The predicted molar refractivity (Wildman–Crippen MR) is 83.6 cm³/mol. The Balaban J connectivity index is 2.12. The summed E-state index contributed by atoms with van der Waals surface area (Å²) >= 11 is 3.47. The molecule has 1 fully saturated rings. The molecule has 0 saturated carbocycles. The average molecular weight is 327 g/mol. The van der Waals surface area contributed by atoms with Gasteiger partial charge in [0.15, 0.2) is 0 Å². The van der Waals surface area contributed by atoms with Crippen molar-refractivity contribution in [3.63, 3.8) is 0 Å². The first-order valence-corrected chi connectivity index (χ1v) is 7.64. The number of benzene rings is 1. The Kier molecular flexibility index (Phi) is 4.87. The topological polar surface area (TPSA) is 26.7 Å². The van der Waals surface area contributed by atoms with E-state index in [0.29, 0.717) is 0 Å². The smallest absolute Gasteiger partial charge is 0.0782 e. The van der Waals surface area contributed by atoms with Crippen LogP contribution in [-0.2, 0) is 0 Å². The summed E-state index contributed by atoms with van der Waals surface area (Å²) in [6.45, 7) is 5.24. The highest BCUT2D eigenvalue weighted by molar-refractivity contribution is 9.10. The largest absolute Gasteiger partial charge is 0.389 e. The van der Waals surface area contributed by atoms with Gasteiger partial charge in [0.2, 0.25) is 0 Å². The Bertz CT molecular complexity index is 436. The summed E-state index contributed by atoms with van der Waals surface area (Å²) in [6, 6.07) is 6.14. The Labute approximate surface area is 124 Å². The van der Waals surface area contributed by atoms with Crippen LogP contribution in [0.15, 0.2) is 22.7 Å². The second kappa shape index (κ2) is 6.25. The van der Waals surface area contributed by atoms with Crippen LogP contribution in [-0.4, -0.2) is 43.7 Å². The van der Waals surface area contributed by atoms with E-state index in [0.717, 1.165) is 28.2 Å². The lowest BCUT2D eigenvalue weighted by Crippen LogP contribution is -2.28. The van der Waals surface area contributed by atoms with E-state index in [1.165, 1.54) is 19.5 Å². The van der Waals surface area contributed by atoms with Gasteiger partial charge in [0.05, 0.1) is 6.10 Å². The molecule has 0 bridgehead atoms. The Hall–Kier alpha value is -0.580. The molecule has 0 radical (unpaired) electrons. The van der Waals surface area contributed by atoms with Crippen molar-refractivity contribution >= 4 is 21.6 Å². The monoisotopic (exact) mass is 326 g/mol. The predicted octanol–water partition coefficient (Wildman–Crippen LogP) is 2.89. The number of nitrogens with zero attached hydrogens (tertiary/aromatic N) is 2. The molecule has 2 atom stereocenters. The van der Waals surface area contributed by atoms with E-state index in [9.17, 15) is 5.11 Å². The Morgan fingerprint density at radius 2 is 2.26 bits per heavy atom. The molecule has 1 aliphatic heterocycles. The maximum Gasteiger partial charge on any atom is 0.0782 e. The third kappa shape index (κ3) is 3.71. The molecule has 0 spiro atoms. The van der Waals surface area contributed by atoms with E-state index in [4.69, 9.17) is 0 Å². The fraction of sp³-hybridized carbons (Fsp3) is 0.600. The quantitative estimate of drug-likeness (QED) is 0.921. The van der Waals surface area contributed by atoms with Gasteiger partial charge in [-0.1, -0.05) is 15.9 Å². The summed E-state index contributed by atoms with van der Waals surface area (Å²) in [6.07, 6.45) is 0.822. The van der Waals surface area contributed by atoms with E-state index in [1.54, 1.807) is 0 Å². The molecule has 2 rings (SSSR count). The molecule has 2 unspecified atom stereocenters. The molecule has 1 saturated heterocycles. The van der Waals surface area contributed by atoms with Crippen LogP contribution in [0.4, 0.5) is 5.69 Å². The highest BCUT2D eigenvalue weighted by atomic mass is 79.9. The zero-order valence-electron chi connectivity index (χ0n) is 11.9. The number of hydrogen-bond donors (Lipinski definition) is 1. The molecular formula is C15H23BrN2O. The van der Waals surface area contributed by atoms with Gasteiger partial charge >= 0.3 is 0 Å². The van der Waals surface area contributed by atoms with Crippen LogP contribution in [0.1, 0.15) is 25.0 Å². The van der Waals surface area contributed by atoms with Crippen molar-refractivity contribution in [3.05, 3.63) is 28.2 Å². The molecular weight excluding hydrogens is 304 g/mol. The van der Waals surface area contributed by atoms with Crippen molar-refractivity contribution in [2.75, 3.05) is 38.6 Å². The SMILES string of the molecule is CC(O)c1cc(Br)ccc1N(C)CC1CCN(C)C1. The van der Waals surface area contributed by atoms with E-state index in [1.807, 2.05) is 19.1 Å². The van der Waals surface area contributed by atoms with E-state index >= 15 is 0 Å². The van der Waals surface area contributed by atoms with Gasteiger partial charge in [-0.25, -0.2) is 0 Å². The highest BCUT2D eigenvalue weighted by Gasteiger charge is 2.22. The molecule has 19 heavy (non-hydrogen) atoms. The number of hydrogen-bond acceptors (Lipinski definition) is 3. The highest BCUT2D eigenvalue weighted by Crippen LogP contribution is 2.30. The number of aliphatic hydroxyl groups is 1. The van der Waals surface area contributed by atoms with E-state index < -0.39 is 6.10 Å². The van der Waals surface area contributed by atoms with E-state index in [-0.39, 0.29) is 0 Å². The average Bonchev–Trinajstić information content (AvgIpc) is 2.74. The normalized spacial score (nSPS) is 21.6. The summed E-state index contributed by atoms with van der Waals surface area (Å²) in [7, 11) is 4.30. The van der Waals surface area contributed by atoms with Crippen LogP contribution in [0.25, 0.3) is 0 Å². The lowest BCUT2D eigenvalue weighted by atomic mass is 10.0. The van der Waals surface area contributed by atoms with Gasteiger partial charge in [0.1, 0.15) is 0 Å². The summed E-state index contributed by atoms with van der Waals surface area (Å²) in [5.41, 5.74) is 2.12. The van der Waals surface area contributed by atoms with Gasteiger partial charge < -0.3 is 14.9 Å². The first-order chi connectivity index (χ1) is 8.97. The Morgan fingerprint density at radius 3 is 2.84 bits per heavy atom. The first kappa shape index (κ1) is 14.8. The summed E-state index contributed by atoms with van der Waals surface area (Å²) in [5.74, 6) is 0.723. The van der Waals surface area contributed by atoms with Crippen LogP contribution in [0, 0.1) is 5.92 Å². The fourth-order valence-corrected chi connectivity index (χ4v) is 3.25. The van der Waals surface area contributed by atoms with Crippen LogP contribution < -0.4 is 4.90 Å². The number of halogens is 1. The minimum Gasteiger partial charge on any atom is -0.389 e. The lowest BCUT2D eigenvalue weighted by Gasteiger charge is -2.26. The zero-order chi connectivity index (χ0) is 14.0. The maximum atomic E-state index is 9.93. The number of aliphatic hydroxyl groups excluding tert-OH is 1. The van der Waals surface area contributed by atoms with Crippen LogP contribution in [0.2, 0.25) is 0 Å². The molecule has 1 heterocycles. The third-order valence-electron chi connectivity index (χ3n) is 3.87. The van der Waals surface area contributed by atoms with Crippen molar-refractivity contribution in [1.82, 2.24) is 4.90 Å². The zero-order valence-corrected chi connectivity index (χ0v) is 13.5. The van der Waals surface area contributed by atoms with Crippen LogP contribution in [0.3, 0.4) is 0 Å². The molecule has 0 aromatic heterocycles. The van der Waals surface area contributed by atoms with Crippen molar-refractivity contribution in [3.8, 4) is 0 Å². The van der Waals surface area contributed by atoms with Crippen molar-refractivity contribution < 1.29 is 5.11 Å². The standard InChI is InChI=1S/C15H23BrN2O/c1-11(19)14-8-13(16)4-5-15(14)18(3)10-12-6-7-17(2)9-12/h4-5,8,11-12,19H,6-7,9-10H2,1-3H3. The number of anilines is 1. The molecule has 0 aliphatic carbocycles. The minimum atomic E-state index is -0.443. The Morgan fingerprint density at radius 1 is 1.53 bits per heavy atom. The molecule has 4 heteroatoms. The van der Waals surface area contributed by atoms with Gasteiger partial charge in [0.25, 0.3) is 0 Å². The molecule has 3 nitrogen and oxygen atoms in total. The summed E-state index contributed by atoms with van der Waals surface area (Å²) in [4.78, 5) is 4.66. The van der Waals surface area contributed by atoms with Crippen molar-refractivity contribution in [2.24, 2.45) is 5.92 Å². The molecule has 1 aromatic rings. The van der Waals surface area contributed by atoms with Crippen LogP contribution >= 0.6 is 15.9 Å². The third-order valence-corrected chi connectivity index (χ3v) is 4.37. The van der Waals surface area contributed by atoms with Gasteiger partial charge in [-0.15, -0.1) is 0 Å². The van der Waals surface area contributed by atoms with Crippen molar-refractivity contribution in [1.29, 1.82) is 0 Å².